The lowest BCUT2D eigenvalue weighted by Gasteiger charge is -2.01. The summed E-state index contributed by atoms with van der Waals surface area (Å²) in [5, 5.41) is 8.57. The predicted octanol–water partition coefficient (Wildman–Crippen LogP) is 3.01. The van der Waals surface area contributed by atoms with Gasteiger partial charge in [0, 0.05) is 17.5 Å². The molecule has 0 radical (unpaired) electrons. The van der Waals surface area contributed by atoms with E-state index in [-0.39, 0.29) is 0 Å². The number of anilines is 1. The van der Waals surface area contributed by atoms with Gasteiger partial charge < -0.3 is 14.9 Å². The summed E-state index contributed by atoms with van der Waals surface area (Å²) >= 11 is 1.48. The van der Waals surface area contributed by atoms with E-state index in [1.54, 1.807) is 25.4 Å². The number of nitrogens with zero attached hydrogens (tertiary/aromatic N) is 3. The van der Waals surface area contributed by atoms with E-state index >= 15 is 0 Å². The maximum atomic E-state index is 5.64. The van der Waals surface area contributed by atoms with E-state index in [0.29, 0.717) is 16.9 Å². The molecule has 7 heteroatoms. The molecule has 0 aliphatic rings. The molecule has 0 fully saturated rings. The maximum absolute atomic E-state index is 5.64. The van der Waals surface area contributed by atoms with Crippen molar-refractivity contribution in [2.45, 2.75) is 11.0 Å². The van der Waals surface area contributed by atoms with Gasteiger partial charge in [0.25, 0.3) is 5.22 Å². The van der Waals surface area contributed by atoms with Gasteiger partial charge in [-0.25, -0.2) is 4.98 Å². The third-order valence-corrected chi connectivity index (χ3v) is 3.85. The van der Waals surface area contributed by atoms with E-state index in [1.165, 1.54) is 11.8 Å². The molecule has 2 heterocycles. The van der Waals surface area contributed by atoms with Crippen LogP contribution in [0.15, 0.2) is 52.2 Å². The molecule has 0 saturated heterocycles. The molecule has 2 aromatic heterocycles. The Labute approximate surface area is 131 Å². The smallest absolute Gasteiger partial charge is 0.277 e. The molecule has 0 aliphatic carbocycles. The van der Waals surface area contributed by atoms with Crippen molar-refractivity contribution in [3.63, 3.8) is 0 Å². The van der Waals surface area contributed by atoms with Crippen LogP contribution in [0.5, 0.6) is 5.75 Å². The summed E-state index contributed by atoms with van der Waals surface area (Å²) < 4.78 is 10.8. The Bertz CT molecular complexity index is 758. The molecule has 6 nitrogen and oxygen atoms in total. The monoisotopic (exact) mass is 314 g/mol. The van der Waals surface area contributed by atoms with E-state index in [4.69, 9.17) is 14.9 Å². The molecule has 0 unspecified atom stereocenters. The number of ether oxygens (including phenoxy) is 1. The predicted molar refractivity (Wildman–Crippen MR) is 84.5 cm³/mol. The summed E-state index contributed by atoms with van der Waals surface area (Å²) in [7, 11) is 1.65. The van der Waals surface area contributed by atoms with E-state index < -0.39 is 0 Å². The molecular weight excluding hydrogens is 300 g/mol. The van der Waals surface area contributed by atoms with Crippen molar-refractivity contribution < 1.29 is 9.15 Å². The number of methoxy groups -OCH3 is 1. The van der Waals surface area contributed by atoms with Crippen molar-refractivity contribution in [3.05, 3.63) is 48.2 Å². The lowest BCUT2D eigenvalue weighted by molar-refractivity contribution is 0.414. The first kappa shape index (κ1) is 14.4. The molecular formula is C15H14N4O2S. The summed E-state index contributed by atoms with van der Waals surface area (Å²) in [6, 6.07) is 11.3. The average molecular weight is 314 g/mol. The van der Waals surface area contributed by atoms with E-state index in [2.05, 4.69) is 15.2 Å². The van der Waals surface area contributed by atoms with Gasteiger partial charge in [-0.05, 0) is 29.8 Å². The van der Waals surface area contributed by atoms with E-state index in [9.17, 15) is 0 Å². The minimum absolute atomic E-state index is 0.420. The highest BCUT2D eigenvalue weighted by atomic mass is 32.2. The molecule has 3 aromatic rings. The zero-order valence-electron chi connectivity index (χ0n) is 11.9. The lowest BCUT2D eigenvalue weighted by atomic mass is 10.2. The standard InChI is InChI=1S/C15H14N4O2S/c1-20-12-4-2-10(3-5-12)9-22-15-19-18-14(21-15)11-6-7-17-13(16)8-11/h2-8H,9H2,1H3,(H2,16,17). The fourth-order valence-corrected chi connectivity index (χ4v) is 2.55. The van der Waals surface area contributed by atoms with Crippen LogP contribution in [-0.4, -0.2) is 22.3 Å². The SMILES string of the molecule is COc1ccc(CSc2nnc(-c3ccnc(N)c3)o2)cc1. The van der Waals surface area contributed by atoms with Crippen molar-refractivity contribution in [2.24, 2.45) is 0 Å². The number of benzene rings is 1. The number of aromatic nitrogens is 3. The minimum Gasteiger partial charge on any atom is -0.497 e. The van der Waals surface area contributed by atoms with Crippen molar-refractivity contribution in [2.75, 3.05) is 12.8 Å². The van der Waals surface area contributed by atoms with Crippen LogP contribution in [0.25, 0.3) is 11.5 Å². The van der Waals surface area contributed by atoms with Crippen LogP contribution in [0.4, 0.5) is 5.82 Å². The zero-order chi connectivity index (χ0) is 15.4. The van der Waals surface area contributed by atoms with Crippen LogP contribution >= 0.6 is 11.8 Å². The number of hydrogen-bond acceptors (Lipinski definition) is 7. The van der Waals surface area contributed by atoms with Crippen LogP contribution in [0.2, 0.25) is 0 Å². The van der Waals surface area contributed by atoms with Crippen molar-refractivity contribution in [3.8, 4) is 17.2 Å². The van der Waals surface area contributed by atoms with Gasteiger partial charge in [0.05, 0.1) is 7.11 Å². The summed E-state index contributed by atoms with van der Waals surface area (Å²) in [5.74, 6) is 2.43. The van der Waals surface area contributed by atoms with Crippen LogP contribution < -0.4 is 10.5 Å². The Balaban J connectivity index is 1.66. The first-order valence-corrected chi connectivity index (χ1v) is 7.54. The first-order valence-electron chi connectivity index (χ1n) is 6.56. The van der Waals surface area contributed by atoms with Gasteiger partial charge in [0.1, 0.15) is 11.6 Å². The van der Waals surface area contributed by atoms with Gasteiger partial charge in [-0.1, -0.05) is 23.9 Å². The van der Waals surface area contributed by atoms with Crippen molar-refractivity contribution in [1.82, 2.24) is 15.2 Å². The Morgan fingerprint density at radius 3 is 2.73 bits per heavy atom. The van der Waals surface area contributed by atoms with Crippen LogP contribution in [-0.2, 0) is 5.75 Å². The second-order valence-corrected chi connectivity index (χ2v) is 5.41. The second kappa shape index (κ2) is 6.48. The summed E-state index contributed by atoms with van der Waals surface area (Å²) in [4.78, 5) is 3.93. The number of pyridine rings is 1. The van der Waals surface area contributed by atoms with Gasteiger partial charge in [-0.2, -0.15) is 0 Å². The van der Waals surface area contributed by atoms with Gasteiger partial charge in [-0.15, -0.1) is 10.2 Å². The summed E-state index contributed by atoms with van der Waals surface area (Å²) in [6.07, 6.45) is 1.61. The van der Waals surface area contributed by atoms with Crippen LogP contribution in [0, 0.1) is 0 Å². The molecule has 0 bridgehead atoms. The average Bonchev–Trinajstić information content (AvgIpc) is 3.02. The van der Waals surface area contributed by atoms with Crippen LogP contribution in [0.1, 0.15) is 5.56 Å². The fourth-order valence-electron chi connectivity index (χ4n) is 1.83. The highest BCUT2D eigenvalue weighted by Gasteiger charge is 2.09. The number of nitrogen functional groups attached to an aromatic ring is 1. The molecule has 0 amide bonds. The molecule has 1 aromatic carbocycles. The van der Waals surface area contributed by atoms with E-state index in [0.717, 1.165) is 22.6 Å². The normalized spacial score (nSPS) is 10.6. The van der Waals surface area contributed by atoms with Gasteiger partial charge in [0.2, 0.25) is 5.89 Å². The number of thioether (sulfide) groups is 1. The molecule has 0 aliphatic heterocycles. The Hall–Kier alpha value is -2.54. The molecule has 0 saturated carbocycles. The van der Waals surface area contributed by atoms with Crippen molar-refractivity contribution >= 4 is 17.6 Å². The van der Waals surface area contributed by atoms with Crippen molar-refractivity contribution in [1.29, 1.82) is 0 Å². The third kappa shape index (κ3) is 3.37. The Kier molecular flexibility index (Phi) is 4.24. The van der Waals surface area contributed by atoms with Gasteiger partial charge in [-0.3, -0.25) is 0 Å². The summed E-state index contributed by atoms with van der Waals surface area (Å²) in [6.45, 7) is 0. The number of rotatable bonds is 5. The Morgan fingerprint density at radius 1 is 1.18 bits per heavy atom. The third-order valence-electron chi connectivity index (χ3n) is 2.96. The topological polar surface area (TPSA) is 87.1 Å². The fraction of sp³-hybridized carbons (Fsp3) is 0.133. The van der Waals surface area contributed by atoms with Crippen LogP contribution in [0.3, 0.4) is 0 Å². The number of hydrogen-bond donors (Lipinski definition) is 1. The highest BCUT2D eigenvalue weighted by Crippen LogP contribution is 2.26. The van der Waals surface area contributed by atoms with Gasteiger partial charge in [0.15, 0.2) is 0 Å². The molecule has 0 atom stereocenters. The Morgan fingerprint density at radius 2 is 2.00 bits per heavy atom. The first-order chi connectivity index (χ1) is 10.7. The van der Waals surface area contributed by atoms with Gasteiger partial charge >= 0.3 is 0 Å². The summed E-state index contributed by atoms with van der Waals surface area (Å²) in [5.41, 5.74) is 7.56. The highest BCUT2D eigenvalue weighted by molar-refractivity contribution is 7.98. The molecule has 112 valence electrons. The quantitative estimate of drug-likeness (QED) is 0.724. The largest absolute Gasteiger partial charge is 0.497 e. The lowest BCUT2D eigenvalue weighted by Crippen LogP contribution is -1.89. The maximum Gasteiger partial charge on any atom is 0.277 e. The zero-order valence-corrected chi connectivity index (χ0v) is 12.7. The molecule has 22 heavy (non-hydrogen) atoms. The minimum atomic E-state index is 0.420. The molecule has 2 N–H and O–H groups in total. The molecule has 3 rings (SSSR count). The molecule has 0 spiro atoms. The number of nitrogens with two attached hydrogens (primary N) is 1. The van der Waals surface area contributed by atoms with E-state index in [1.807, 2.05) is 24.3 Å². The second-order valence-electron chi connectivity index (χ2n) is 4.48.